The number of carbonyl (C=O) groups excluding carboxylic acids is 1. The van der Waals surface area contributed by atoms with Crippen molar-refractivity contribution in [3.63, 3.8) is 0 Å². The van der Waals surface area contributed by atoms with Crippen molar-refractivity contribution in [3.8, 4) is 16.3 Å². The average Bonchev–Trinajstić information content (AvgIpc) is 3.17. The van der Waals surface area contributed by atoms with Crippen molar-refractivity contribution in [3.05, 3.63) is 70.7 Å². The minimum atomic E-state index is -0.137. The maximum Gasteiger partial charge on any atom is 0.270 e. The Labute approximate surface area is 170 Å². The van der Waals surface area contributed by atoms with Crippen LogP contribution in [0.5, 0.6) is 5.75 Å². The summed E-state index contributed by atoms with van der Waals surface area (Å²) >= 11 is 1.47. The average molecular weight is 396 g/mol. The van der Waals surface area contributed by atoms with Gasteiger partial charge in [0, 0.05) is 24.0 Å². The zero-order chi connectivity index (χ0) is 19.9. The summed E-state index contributed by atoms with van der Waals surface area (Å²) in [5.41, 5.74) is 3.80. The molecule has 0 saturated heterocycles. The van der Waals surface area contributed by atoms with Gasteiger partial charge in [-0.3, -0.25) is 4.79 Å². The van der Waals surface area contributed by atoms with Crippen LogP contribution in [0.4, 0.5) is 0 Å². The van der Waals surface area contributed by atoms with E-state index in [4.69, 9.17) is 4.74 Å². The molecule has 6 heteroatoms. The Morgan fingerprint density at radius 1 is 1.18 bits per heavy atom. The van der Waals surface area contributed by atoms with E-state index < -0.39 is 0 Å². The highest BCUT2D eigenvalue weighted by Crippen LogP contribution is 2.26. The van der Waals surface area contributed by atoms with Crippen LogP contribution in [0.25, 0.3) is 10.6 Å². The fraction of sp³-hybridized carbons (Fsp3) is 0.273. The Hall–Kier alpha value is -2.70. The zero-order valence-electron chi connectivity index (χ0n) is 16.4. The minimum Gasteiger partial charge on any atom is -0.489 e. The first-order chi connectivity index (χ1) is 13.5. The molecular formula is C22H25N3O2S. The summed E-state index contributed by atoms with van der Waals surface area (Å²) in [6, 6.07) is 16.1. The van der Waals surface area contributed by atoms with E-state index in [1.54, 1.807) is 5.38 Å². The number of nitrogens with one attached hydrogen (secondary N) is 1. The molecule has 0 saturated carbocycles. The second kappa shape index (κ2) is 9.48. The summed E-state index contributed by atoms with van der Waals surface area (Å²) in [4.78, 5) is 18.6. The lowest BCUT2D eigenvalue weighted by Gasteiger charge is -2.09. The number of likely N-dealkylation sites (N-methyl/N-ethyl adjacent to an activating group) is 1. The molecule has 0 bridgehead atoms. The number of amides is 1. The standard InChI is InChI=1S/C22H25N3O2S/c1-16-5-4-6-17(13-16)14-27-19-9-7-18(8-10-19)22-24-20(15-28-22)21(26)23-11-12-25(2)3/h4-10,13,15H,11-12,14H2,1-3H3,(H,23,26). The fourth-order valence-electron chi connectivity index (χ4n) is 2.66. The van der Waals surface area contributed by atoms with Gasteiger partial charge in [-0.2, -0.15) is 0 Å². The lowest BCUT2D eigenvalue weighted by atomic mass is 10.1. The van der Waals surface area contributed by atoms with Crippen LogP contribution in [-0.2, 0) is 6.61 Å². The molecule has 5 nitrogen and oxygen atoms in total. The van der Waals surface area contributed by atoms with Crippen LogP contribution >= 0.6 is 11.3 Å². The Kier molecular flexibility index (Phi) is 6.79. The van der Waals surface area contributed by atoms with Crippen molar-refractivity contribution >= 4 is 17.2 Å². The van der Waals surface area contributed by atoms with Crippen molar-refractivity contribution in [2.45, 2.75) is 13.5 Å². The second-order valence-electron chi connectivity index (χ2n) is 6.90. The van der Waals surface area contributed by atoms with Crippen LogP contribution in [0.15, 0.2) is 53.9 Å². The van der Waals surface area contributed by atoms with E-state index in [2.05, 4.69) is 35.4 Å². The molecule has 1 N–H and O–H groups in total. The maximum absolute atomic E-state index is 12.2. The van der Waals surface area contributed by atoms with E-state index >= 15 is 0 Å². The lowest BCUT2D eigenvalue weighted by molar-refractivity contribution is 0.0947. The van der Waals surface area contributed by atoms with Gasteiger partial charge in [0.05, 0.1) is 0 Å². The molecule has 146 valence electrons. The van der Waals surface area contributed by atoms with Gasteiger partial charge >= 0.3 is 0 Å². The number of hydrogen-bond acceptors (Lipinski definition) is 5. The third kappa shape index (κ3) is 5.65. The van der Waals surface area contributed by atoms with Crippen LogP contribution in [0.1, 0.15) is 21.6 Å². The highest BCUT2D eigenvalue weighted by atomic mass is 32.1. The summed E-state index contributed by atoms with van der Waals surface area (Å²) in [6.45, 7) is 4.01. The highest BCUT2D eigenvalue weighted by molar-refractivity contribution is 7.13. The number of hydrogen-bond donors (Lipinski definition) is 1. The molecule has 0 unspecified atom stereocenters. The number of aryl methyl sites for hydroxylation is 1. The van der Waals surface area contributed by atoms with Gasteiger partial charge in [0.1, 0.15) is 23.1 Å². The number of rotatable bonds is 8. The molecule has 3 aromatic rings. The van der Waals surface area contributed by atoms with Crippen molar-refractivity contribution < 1.29 is 9.53 Å². The summed E-state index contributed by atoms with van der Waals surface area (Å²) in [7, 11) is 3.95. The fourth-order valence-corrected chi connectivity index (χ4v) is 3.46. The lowest BCUT2D eigenvalue weighted by Crippen LogP contribution is -2.31. The van der Waals surface area contributed by atoms with Crippen LogP contribution in [-0.4, -0.2) is 43.0 Å². The zero-order valence-corrected chi connectivity index (χ0v) is 17.3. The largest absolute Gasteiger partial charge is 0.489 e. The third-order valence-electron chi connectivity index (χ3n) is 4.17. The summed E-state index contributed by atoms with van der Waals surface area (Å²) < 4.78 is 5.86. The monoisotopic (exact) mass is 395 g/mol. The predicted octanol–water partition coefficient (Wildman–Crippen LogP) is 3.99. The molecule has 0 fully saturated rings. The molecule has 0 aliphatic heterocycles. The summed E-state index contributed by atoms with van der Waals surface area (Å²) in [6.07, 6.45) is 0. The first-order valence-corrected chi connectivity index (χ1v) is 10.1. The smallest absolute Gasteiger partial charge is 0.270 e. The van der Waals surface area contributed by atoms with Crippen LogP contribution in [0, 0.1) is 6.92 Å². The quantitative estimate of drug-likeness (QED) is 0.627. The summed E-state index contributed by atoms with van der Waals surface area (Å²) in [5.74, 6) is 0.672. The molecule has 0 aliphatic carbocycles. The van der Waals surface area contributed by atoms with E-state index in [0.717, 1.165) is 28.4 Å². The second-order valence-corrected chi connectivity index (χ2v) is 7.76. The van der Waals surface area contributed by atoms with Gasteiger partial charge in [-0.25, -0.2) is 4.98 Å². The van der Waals surface area contributed by atoms with E-state index in [0.29, 0.717) is 18.8 Å². The van der Waals surface area contributed by atoms with Gasteiger partial charge < -0.3 is 15.0 Å². The molecule has 3 rings (SSSR count). The Bertz CT molecular complexity index is 920. The molecule has 0 aliphatic rings. The molecule has 0 spiro atoms. The molecule has 1 aromatic heterocycles. The van der Waals surface area contributed by atoms with E-state index in [-0.39, 0.29) is 5.91 Å². The SMILES string of the molecule is Cc1cccc(COc2ccc(-c3nc(C(=O)NCCN(C)C)cs3)cc2)c1. The molecule has 2 aromatic carbocycles. The van der Waals surface area contributed by atoms with Gasteiger partial charge in [-0.05, 0) is 50.8 Å². The van der Waals surface area contributed by atoms with Gasteiger partial charge in [0.15, 0.2) is 0 Å². The van der Waals surface area contributed by atoms with Gasteiger partial charge in [-0.15, -0.1) is 11.3 Å². The number of nitrogens with zero attached hydrogens (tertiary/aromatic N) is 2. The number of carbonyl (C=O) groups is 1. The van der Waals surface area contributed by atoms with Gasteiger partial charge in [-0.1, -0.05) is 29.8 Å². The Morgan fingerprint density at radius 3 is 2.68 bits per heavy atom. The van der Waals surface area contributed by atoms with E-state index in [9.17, 15) is 4.79 Å². The Morgan fingerprint density at radius 2 is 1.96 bits per heavy atom. The Balaban J connectivity index is 1.57. The maximum atomic E-state index is 12.2. The van der Waals surface area contributed by atoms with Crippen LogP contribution in [0.2, 0.25) is 0 Å². The van der Waals surface area contributed by atoms with Crippen molar-refractivity contribution in [1.82, 2.24) is 15.2 Å². The van der Waals surface area contributed by atoms with Crippen LogP contribution in [0.3, 0.4) is 0 Å². The molecule has 1 heterocycles. The van der Waals surface area contributed by atoms with E-state index in [1.807, 2.05) is 49.3 Å². The number of benzene rings is 2. The number of thiazole rings is 1. The summed E-state index contributed by atoms with van der Waals surface area (Å²) in [5, 5.41) is 5.50. The van der Waals surface area contributed by atoms with E-state index in [1.165, 1.54) is 16.9 Å². The first-order valence-electron chi connectivity index (χ1n) is 9.18. The first kappa shape index (κ1) is 20.0. The number of aromatic nitrogens is 1. The van der Waals surface area contributed by atoms with Crippen molar-refractivity contribution in [2.75, 3.05) is 27.2 Å². The molecule has 1 amide bonds. The highest BCUT2D eigenvalue weighted by Gasteiger charge is 2.11. The molecule has 0 atom stereocenters. The third-order valence-corrected chi connectivity index (χ3v) is 5.06. The molecular weight excluding hydrogens is 370 g/mol. The topological polar surface area (TPSA) is 54.5 Å². The van der Waals surface area contributed by atoms with Crippen LogP contribution < -0.4 is 10.1 Å². The van der Waals surface area contributed by atoms with Gasteiger partial charge in [0.25, 0.3) is 5.91 Å². The normalized spacial score (nSPS) is 10.9. The minimum absolute atomic E-state index is 0.137. The van der Waals surface area contributed by atoms with Crippen molar-refractivity contribution in [2.24, 2.45) is 0 Å². The predicted molar refractivity (Wildman–Crippen MR) is 114 cm³/mol. The number of ether oxygens (including phenoxy) is 1. The molecule has 28 heavy (non-hydrogen) atoms. The molecule has 0 radical (unpaired) electrons. The van der Waals surface area contributed by atoms with Gasteiger partial charge in [0.2, 0.25) is 0 Å². The van der Waals surface area contributed by atoms with Crippen molar-refractivity contribution in [1.29, 1.82) is 0 Å².